The van der Waals surface area contributed by atoms with Gasteiger partial charge in [-0.25, -0.2) is 12.8 Å². The predicted molar refractivity (Wildman–Crippen MR) is 96.4 cm³/mol. The normalized spacial score (nSPS) is 12.1. The van der Waals surface area contributed by atoms with Gasteiger partial charge in [0.05, 0.1) is 25.5 Å². The van der Waals surface area contributed by atoms with E-state index in [1.807, 2.05) is 11.9 Å². The van der Waals surface area contributed by atoms with Gasteiger partial charge in [0.1, 0.15) is 16.4 Å². The molecule has 7 nitrogen and oxygen atoms in total. The molecule has 0 bridgehead atoms. The average molecular weight is 375 g/mol. The number of aliphatic imine (C=N–C) groups is 1. The van der Waals surface area contributed by atoms with Gasteiger partial charge in [0.15, 0.2) is 17.5 Å². The fourth-order valence-corrected chi connectivity index (χ4v) is 2.31. The topological polar surface area (TPSA) is 80.2 Å². The highest BCUT2D eigenvalue weighted by molar-refractivity contribution is 7.90. The zero-order valence-electron chi connectivity index (χ0n) is 14.9. The number of rotatable bonds is 10. The number of halogens is 1. The van der Waals surface area contributed by atoms with E-state index in [-0.39, 0.29) is 23.9 Å². The van der Waals surface area contributed by atoms with Crippen LogP contribution in [0.3, 0.4) is 0 Å². The van der Waals surface area contributed by atoms with Crippen LogP contribution in [0.15, 0.2) is 29.3 Å². The van der Waals surface area contributed by atoms with Gasteiger partial charge in [0, 0.05) is 26.9 Å². The number of para-hydroxylation sites is 1. The lowest BCUT2D eigenvalue weighted by atomic mass is 10.3. The number of ether oxygens (including phenoxy) is 2. The molecule has 0 saturated carbocycles. The van der Waals surface area contributed by atoms with E-state index in [0.717, 1.165) is 0 Å². The fraction of sp³-hybridized carbons (Fsp3) is 0.562. The second kappa shape index (κ2) is 10.9. The van der Waals surface area contributed by atoms with Crippen LogP contribution in [0, 0.1) is 5.82 Å². The summed E-state index contributed by atoms with van der Waals surface area (Å²) in [6.45, 7) is 1.86. The number of benzene rings is 1. The van der Waals surface area contributed by atoms with Gasteiger partial charge < -0.3 is 19.7 Å². The number of likely N-dealkylation sites (N-methyl/N-ethyl adjacent to an activating group) is 1. The molecule has 0 radical (unpaired) electrons. The Morgan fingerprint density at radius 1 is 1.28 bits per heavy atom. The number of hydrogen-bond acceptors (Lipinski definition) is 5. The first-order chi connectivity index (χ1) is 11.8. The van der Waals surface area contributed by atoms with Crippen molar-refractivity contribution in [3.05, 3.63) is 30.1 Å². The number of hydrogen-bond donors (Lipinski definition) is 1. The van der Waals surface area contributed by atoms with Gasteiger partial charge in [-0.2, -0.15) is 0 Å². The molecule has 0 aliphatic carbocycles. The molecule has 9 heteroatoms. The van der Waals surface area contributed by atoms with Gasteiger partial charge in [0.25, 0.3) is 0 Å². The molecule has 1 rings (SSSR count). The van der Waals surface area contributed by atoms with Gasteiger partial charge in [0.2, 0.25) is 0 Å². The summed E-state index contributed by atoms with van der Waals surface area (Å²) in [5.74, 6) is 0.482. The fourth-order valence-electron chi connectivity index (χ4n) is 1.89. The standard InChI is InChI=1S/C16H26FN3O4S/c1-18-16(19-8-10-23-12-13-25(3,21)22)20(2)9-11-24-15-7-5-4-6-14(15)17/h4-7H,8-13H2,1-3H3,(H,18,19). The van der Waals surface area contributed by atoms with Crippen molar-refractivity contribution in [3.63, 3.8) is 0 Å². The second-order valence-corrected chi connectivity index (χ2v) is 7.68. The van der Waals surface area contributed by atoms with E-state index in [4.69, 9.17) is 9.47 Å². The van der Waals surface area contributed by atoms with E-state index < -0.39 is 9.84 Å². The largest absolute Gasteiger partial charge is 0.489 e. The summed E-state index contributed by atoms with van der Waals surface area (Å²) in [5.41, 5.74) is 0. The highest BCUT2D eigenvalue weighted by Crippen LogP contribution is 2.14. The van der Waals surface area contributed by atoms with E-state index in [1.54, 1.807) is 25.2 Å². The Balaban J connectivity index is 2.24. The van der Waals surface area contributed by atoms with Gasteiger partial charge in [-0.05, 0) is 12.1 Å². The highest BCUT2D eigenvalue weighted by Gasteiger charge is 2.07. The Morgan fingerprint density at radius 3 is 2.64 bits per heavy atom. The first-order valence-corrected chi connectivity index (χ1v) is 9.94. The second-order valence-electron chi connectivity index (χ2n) is 5.42. The zero-order valence-corrected chi connectivity index (χ0v) is 15.7. The Hall–Kier alpha value is -1.87. The minimum Gasteiger partial charge on any atom is -0.489 e. The summed E-state index contributed by atoms with van der Waals surface area (Å²) in [5, 5.41) is 3.10. The molecule has 0 fully saturated rings. The molecule has 0 saturated heterocycles. The van der Waals surface area contributed by atoms with Crippen molar-refractivity contribution < 1.29 is 22.3 Å². The van der Waals surface area contributed by atoms with E-state index in [2.05, 4.69) is 10.3 Å². The minimum atomic E-state index is -3.00. The van der Waals surface area contributed by atoms with Crippen LogP contribution in [0.4, 0.5) is 4.39 Å². The Kier molecular flexibility index (Phi) is 9.22. The molecular weight excluding hydrogens is 349 g/mol. The SMILES string of the molecule is CN=C(NCCOCCS(C)(=O)=O)N(C)CCOc1ccccc1F. The molecule has 0 atom stereocenters. The van der Waals surface area contributed by atoms with Crippen LogP contribution < -0.4 is 10.1 Å². The third kappa shape index (κ3) is 9.25. The van der Waals surface area contributed by atoms with Crippen LogP contribution in [0.1, 0.15) is 0 Å². The lowest BCUT2D eigenvalue weighted by molar-refractivity contribution is 0.153. The molecule has 0 heterocycles. The van der Waals surface area contributed by atoms with Crippen molar-refractivity contribution in [1.82, 2.24) is 10.2 Å². The number of guanidine groups is 1. The third-order valence-corrected chi connectivity index (χ3v) is 4.13. The molecule has 0 aliphatic heterocycles. The summed E-state index contributed by atoms with van der Waals surface area (Å²) in [6, 6.07) is 6.25. The summed E-state index contributed by atoms with van der Waals surface area (Å²) >= 11 is 0. The maximum atomic E-state index is 13.5. The summed E-state index contributed by atoms with van der Waals surface area (Å²) in [7, 11) is 0.492. The van der Waals surface area contributed by atoms with E-state index in [9.17, 15) is 12.8 Å². The highest BCUT2D eigenvalue weighted by atomic mass is 32.2. The molecule has 25 heavy (non-hydrogen) atoms. The summed E-state index contributed by atoms with van der Waals surface area (Å²) in [4.78, 5) is 5.98. The minimum absolute atomic E-state index is 0.00894. The number of nitrogens with one attached hydrogen (secondary N) is 1. The van der Waals surface area contributed by atoms with Crippen LogP contribution in [-0.4, -0.2) is 78.3 Å². The molecule has 0 aromatic heterocycles. The molecule has 0 amide bonds. The zero-order chi connectivity index (χ0) is 18.7. The van der Waals surface area contributed by atoms with Crippen molar-refractivity contribution in [2.24, 2.45) is 4.99 Å². The molecule has 1 N–H and O–H groups in total. The Bertz CT molecular complexity index is 653. The first kappa shape index (κ1) is 21.2. The molecule has 1 aromatic rings. The van der Waals surface area contributed by atoms with Gasteiger partial charge in [-0.3, -0.25) is 4.99 Å². The van der Waals surface area contributed by atoms with Gasteiger partial charge in [-0.15, -0.1) is 0 Å². The summed E-state index contributed by atoms with van der Waals surface area (Å²) in [6.07, 6.45) is 1.18. The van der Waals surface area contributed by atoms with Crippen molar-refractivity contribution >= 4 is 15.8 Å². The smallest absolute Gasteiger partial charge is 0.193 e. The quantitative estimate of drug-likeness (QED) is 0.370. The van der Waals surface area contributed by atoms with Crippen LogP contribution in [0.25, 0.3) is 0 Å². The van der Waals surface area contributed by atoms with E-state index >= 15 is 0 Å². The number of sulfone groups is 1. The molecule has 0 aliphatic rings. The Labute approximate surface area is 148 Å². The predicted octanol–water partition coefficient (Wildman–Crippen LogP) is 0.773. The monoisotopic (exact) mass is 375 g/mol. The maximum absolute atomic E-state index is 13.5. The lowest BCUT2D eigenvalue weighted by Gasteiger charge is -2.22. The van der Waals surface area contributed by atoms with Crippen molar-refractivity contribution in [2.45, 2.75) is 0 Å². The molecular formula is C16H26FN3O4S. The van der Waals surface area contributed by atoms with Crippen LogP contribution in [0.5, 0.6) is 5.75 Å². The third-order valence-electron chi connectivity index (χ3n) is 3.22. The lowest BCUT2D eigenvalue weighted by Crippen LogP contribution is -2.42. The molecule has 0 spiro atoms. The average Bonchev–Trinajstić information content (AvgIpc) is 2.55. The van der Waals surface area contributed by atoms with Crippen LogP contribution in [0.2, 0.25) is 0 Å². The van der Waals surface area contributed by atoms with Crippen LogP contribution in [-0.2, 0) is 14.6 Å². The van der Waals surface area contributed by atoms with Gasteiger partial charge in [-0.1, -0.05) is 12.1 Å². The molecule has 1 aromatic carbocycles. The number of nitrogens with zero attached hydrogens (tertiary/aromatic N) is 2. The van der Waals surface area contributed by atoms with Crippen molar-refractivity contribution in [3.8, 4) is 5.75 Å². The van der Waals surface area contributed by atoms with Crippen LogP contribution >= 0.6 is 0 Å². The molecule has 142 valence electrons. The van der Waals surface area contributed by atoms with E-state index in [0.29, 0.717) is 32.3 Å². The maximum Gasteiger partial charge on any atom is 0.193 e. The van der Waals surface area contributed by atoms with Crippen molar-refractivity contribution in [2.75, 3.05) is 59.0 Å². The first-order valence-electron chi connectivity index (χ1n) is 7.88. The Morgan fingerprint density at radius 2 is 2.00 bits per heavy atom. The molecule has 0 unspecified atom stereocenters. The van der Waals surface area contributed by atoms with E-state index in [1.165, 1.54) is 12.3 Å². The summed E-state index contributed by atoms with van der Waals surface area (Å²) < 4.78 is 46.1. The van der Waals surface area contributed by atoms with Crippen molar-refractivity contribution in [1.29, 1.82) is 0 Å². The van der Waals surface area contributed by atoms with Gasteiger partial charge >= 0.3 is 0 Å².